The molecule has 0 radical (unpaired) electrons. The number of benzene rings is 3. The Hall–Kier alpha value is -3.36. The molecule has 1 aliphatic carbocycles. The van der Waals surface area contributed by atoms with E-state index in [4.69, 9.17) is 12.2 Å². The van der Waals surface area contributed by atoms with Crippen LogP contribution in [-0.4, -0.2) is 15.9 Å². The summed E-state index contributed by atoms with van der Waals surface area (Å²) >= 11 is 6.63. The molecule has 2 N–H and O–H groups in total. The second-order valence-corrected chi connectivity index (χ2v) is 8.60. The fourth-order valence-electron chi connectivity index (χ4n) is 3.93. The van der Waals surface area contributed by atoms with E-state index in [1.807, 2.05) is 12.1 Å². The summed E-state index contributed by atoms with van der Waals surface area (Å²) in [5.41, 5.74) is 3.52. The maximum atomic E-state index is 12.7. The zero-order valence-corrected chi connectivity index (χ0v) is 17.2. The molecule has 0 aliphatic heterocycles. The molecule has 8 heteroatoms. The lowest BCUT2D eigenvalue weighted by molar-refractivity contribution is -0.384. The third kappa shape index (κ3) is 3.20. The number of fused-ring (bicyclic) bond motifs is 1. The normalized spacial score (nSPS) is 12.3. The Labute approximate surface area is 180 Å². The van der Waals surface area contributed by atoms with Gasteiger partial charge in [-0.2, -0.15) is 0 Å². The monoisotopic (exact) mass is 433 g/mol. The van der Waals surface area contributed by atoms with Gasteiger partial charge in [-0.1, -0.05) is 24.3 Å². The molecule has 1 aromatic heterocycles. The molecule has 1 amide bonds. The molecule has 5 rings (SSSR count). The number of thiophene rings is 1. The summed E-state index contributed by atoms with van der Waals surface area (Å²) in [4.78, 5) is 23.6. The van der Waals surface area contributed by atoms with Crippen LogP contribution in [0.4, 0.5) is 11.4 Å². The standard InChI is InChI=1S/C22H15N3O3S2/c26-21(19-11-14-10-15(25(27)28)7-9-18(14)30-19)24-22(29)23-17-8-6-13-5-4-12-2-1-3-16(17)20(12)13/h1-3,6-11H,4-5H2,(H2,23,24,26,29). The Morgan fingerprint density at radius 2 is 1.87 bits per heavy atom. The van der Waals surface area contributed by atoms with Crippen LogP contribution in [0.1, 0.15) is 20.8 Å². The fraction of sp³-hybridized carbons (Fsp3) is 0.0909. The molecule has 3 aromatic carbocycles. The zero-order chi connectivity index (χ0) is 20.8. The Bertz CT molecular complexity index is 1370. The van der Waals surface area contributed by atoms with Crippen LogP contribution < -0.4 is 10.6 Å². The first-order valence-corrected chi connectivity index (χ1v) is 10.6. The van der Waals surface area contributed by atoms with Crippen LogP contribution >= 0.6 is 23.6 Å². The molecule has 0 spiro atoms. The summed E-state index contributed by atoms with van der Waals surface area (Å²) < 4.78 is 0.803. The minimum Gasteiger partial charge on any atom is -0.332 e. The van der Waals surface area contributed by atoms with Gasteiger partial charge >= 0.3 is 0 Å². The summed E-state index contributed by atoms with van der Waals surface area (Å²) in [6, 6.07) is 16.5. The zero-order valence-electron chi connectivity index (χ0n) is 15.6. The van der Waals surface area contributed by atoms with Crippen LogP contribution in [0.25, 0.3) is 20.9 Å². The number of rotatable bonds is 3. The fourth-order valence-corrected chi connectivity index (χ4v) is 5.07. The third-order valence-electron chi connectivity index (χ3n) is 5.29. The van der Waals surface area contributed by atoms with Crippen molar-refractivity contribution in [3.05, 3.63) is 80.7 Å². The van der Waals surface area contributed by atoms with E-state index in [2.05, 4.69) is 28.8 Å². The van der Waals surface area contributed by atoms with Gasteiger partial charge in [-0.15, -0.1) is 11.3 Å². The van der Waals surface area contributed by atoms with E-state index >= 15 is 0 Å². The number of carbonyl (C=O) groups is 1. The van der Waals surface area contributed by atoms with Crippen molar-refractivity contribution in [2.45, 2.75) is 12.8 Å². The number of hydrogen-bond acceptors (Lipinski definition) is 5. The van der Waals surface area contributed by atoms with Crippen molar-refractivity contribution >= 4 is 66.8 Å². The lowest BCUT2D eigenvalue weighted by Gasteiger charge is -2.12. The predicted octanol–water partition coefficient (Wildman–Crippen LogP) is 5.19. The predicted molar refractivity (Wildman–Crippen MR) is 124 cm³/mol. The summed E-state index contributed by atoms with van der Waals surface area (Å²) in [5, 5.41) is 20.0. The van der Waals surface area contributed by atoms with E-state index in [1.54, 1.807) is 12.1 Å². The number of nitrogens with zero attached hydrogens (tertiary/aromatic N) is 1. The first kappa shape index (κ1) is 18.7. The molecule has 0 saturated carbocycles. The van der Waals surface area contributed by atoms with Gasteiger partial charge in [-0.25, -0.2) is 0 Å². The van der Waals surface area contributed by atoms with E-state index in [0.29, 0.717) is 10.3 Å². The lowest BCUT2D eigenvalue weighted by Crippen LogP contribution is -2.33. The second-order valence-electron chi connectivity index (χ2n) is 7.11. The van der Waals surface area contributed by atoms with Crippen LogP contribution in [0, 0.1) is 10.1 Å². The van der Waals surface area contributed by atoms with E-state index in [9.17, 15) is 14.9 Å². The maximum Gasteiger partial charge on any atom is 0.270 e. The van der Waals surface area contributed by atoms with Gasteiger partial charge in [-0.3, -0.25) is 20.2 Å². The highest BCUT2D eigenvalue weighted by atomic mass is 32.1. The number of carbonyl (C=O) groups excluding carboxylic acids is 1. The smallest absolute Gasteiger partial charge is 0.270 e. The average molecular weight is 434 g/mol. The van der Waals surface area contributed by atoms with Gasteiger partial charge in [0.2, 0.25) is 0 Å². The van der Waals surface area contributed by atoms with Crippen molar-refractivity contribution in [1.29, 1.82) is 0 Å². The molecule has 1 heterocycles. The first-order valence-electron chi connectivity index (χ1n) is 9.33. The van der Waals surface area contributed by atoms with Gasteiger partial charge in [0.05, 0.1) is 9.80 Å². The second kappa shape index (κ2) is 7.16. The van der Waals surface area contributed by atoms with Crippen molar-refractivity contribution in [2.75, 3.05) is 5.32 Å². The molecule has 6 nitrogen and oxygen atoms in total. The molecule has 0 fully saturated rings. The SMILES string of the molecule is O=C(NC(=S)Nc1ccc2c3c(cccc13)CC2)c1cc2cc([N+](=O)[O-])ccc2s1. The number of anilines is 1. The van der Waals surface area contributed by atoms with Crippen LogP contribution in [0.15, 0.2) is 54.6 Å². The average Bonchev–Trinajstić information content (AvgIpc) is 3.34. The highest BCUT2D eigenvalue weighted by Crippen LogP contribution is 2.35. The molecule has 4 aromatic rings. The maximum absolute atomic E-state index is 12.7. The van der Waals surface area contributed by atoms with Gasteiger partial charge in [0.15, 0.2) is 5.11 Å². The molecule has 0 bridgehead atoms. The Morgan fingerprint density at radius 1 is 1.07 bits per heavy atom. The summed E-state index contributed by atoms with van der Waals surface area (Å²) in [6.07, 6.45) is 2.09. The van der Waals surface area contributed by atoms with Gasteiger partial charge in [0, 0.05) is 33.3 Å². The quantitative estimate of drug-likeness (QED) is 0.264. The number of thiocarbonyl (C=S) groups is 1. The third-order valence-corrected chi connectivity index (χ3v) is 6.61. The van der Waals surface area contributed by atoms with E-state index in [1.165, 1.54) is 40.0 Å². The number of aryl methyl sites for hydroxylation is 2. The minimum absolute atomic E-state index is 0.00324. The first-order chi connectivity index (χ1) is 14.5. The highest BCUT2D eigenvalue weighted by molar-refractivity contribution is 7.80. The number of nitro groups is 1. The number of non-ortho nitro benzene ring substituents is 1. The highest BCUT2D eigenvalue weighted by Gasteiger charge is 2.18. The van der Waals surface area contributed by atoms with Crippen molar-refractivity contribution in [2.24, 2.45) is 0 Å². The van der Waals surface area contributed by atoms with Crippen molar-refractivity contribution in [3.63, 3.8) is 0 Å². The van der Waals surface area contributed by atoms with Gasteiger partial charge in [-0.05, 0) is 59.8 Å². The van der Waals surface area contributed by atoms with Crippen LogP contribution in [0.3, 0.4) is 0 Å². The van der Waals surface area contributed by atoms with E-state index in [-0.39, 0.29) is 16.7 Å². The van der Waals surface area contributed by atoms with Crippen LogP contribution in [-0.2, 0) is 12.8 Å². The summed E-state index contributed by atoms with van der Waals surface area (Å²) in [5.74, 6) is -0.345. The lowest BCUT2D eigenvalue weighted by atomic mass is 10.0. The number of hydrogen-bond donors (Lipinski definition) is 2. The molecular weight excluding hydrogens is 418 g/mol. The molecule has 0 saturated heterocycles. The van der Waals surface area contributed by atoms with Gasteiger partial charge < -0.3 is 5.32 Å². The molecule has 0 unspecified atom stereocenters. The molecule has 148 valence electrons. The molecule has 30 heavy (non-hydrogen) atoms. The number of nitrogens with one attached hydrogen (secondary N) is 2. The number of amides is 1. The van der Waals surface area contributed by atoms with E-state index in [0.717, 1.165) is 28.6 Å². The number of nitro benzene ring substituents is 1. The molecule has 0 atom stereocenters. The molecular formula is C22H15N3O3S2. The van der Waals surface area contributed by atoms with Crippen LogP contribution in [0.2, 0.25) is 0 Å². The topological polar surface area (TPSA) is 84.3 Å². The summed E-state index contributed by atoms with van der Waals surface area (Å²) in [7, 11) is 0. The Kier molecular flexibility index (Phi) is 4.45. The molecule has 1 aliphatic rings. The van der Waals surface area contributed by atoms with Crippen molar-refractivity contribution in [1.82, 2.24) is 5.32 Å². The Balaban J connectivity index is 1.36. The van der Waals surface area contributed by atoms with E-state index < -0.39 is 4.92 Å². The Morgan fingerprint density at radius 3 is 2.67 bits per heavy atom. The van der Waals surface area contributed by atoms with Gasteiger partial charge in [0.25, 0.3) is 11.6 Å². The van der Waals surface area contributed by atoms with Crippen molar-refractivity contribution in [3.8, 4) is 0 Å². The van der Waals surface area contributed by atoms with Crippen molar-refractivity contribution < 1.29 is 9.72 Å². The van der Waals surface area contributed by atoms with Crippen LogP contribution in [0.5, 0.6) is 0 Å². The largest absolute Gasteiger partial charge is 0.332 e. The summed E-state index contributed by atoms with van der Waals surface area (Å²) in [6.45, 7) is 0. The minimum atomic E-state index is -0.450. The van der Waals surface area contributed by atoms with Gasteiger partial charge in [0.1, 0.15) is 0 Å².